The minimum absolute atomic E-state index is 0.563. The second-order valence-corrected chi connectivity index (χ2v) is 9.85. The van der Waals surface area contributed by atoms with Crippen molar-refractivity contribution in [3.05, 3.63) is 71.8 Å². The fourth-order valence-electron chi connectivity index (χ4n) is 6.35. The molecule has 0 amide bonds. The maximum Gasteiger partial charge on any atom is 0.107 e. The molecule has 4 nitrogen and oxygen atoms in total. The average molecular weight is 434 g/mol. The van der Waals surface area contributed by atoms with E-state index < -0.39 is 5.41 Å². The number of nitrogens with zero attached hydrogens (tertiary/aromatic N) is 2. The molecule has 2 saturated heterocycles. The third-order valence-corrected chi connectivity index (χ3v) is 8.18. The van der Waals surface area contributed by atoms with Crippen molar-refractivity contribution in [3.8, 4) is 6.07 Å². The highest BCUT2D eigenvalue weighted by Gasteiger charge is 2.52. The molecule has 2 atom stereocenters. The van der Waals surface area contributed by atoms with Gasteiger partial charge in [-0.2, -0.15) is 5.26 Å². The molecule has 4 heteroatoms. The number of hydrogen-bond donors (Lipinski definition) is 0. The average Bonchev–Trinajstić information content (AvgIpc) is 3.00. The summed E-state index contributed by atoms with van der Waals surface area (Å²) < 4.78 is 12.1. The lowest BCUT2D eigenvalue weighted by Gasteiger charge is -2.48. The molecular formula is C28H37N2O2+. The molecule has 2 aromatic rings. The van der Waals surface area contributed by atoms with Crippen molar-refractivity contribution in [2.75, 3.05) is 40.5 Å². The van der Waals surface area contributed by atoms with E-state index >= 15 is 0 Å². The number of quaternary nitrogens is 1. The van der Waals surface area contributed by atoms with Gasteiger partial charge in [0.2, 0.25) is 0 Å². The van der Waals surface area contributed by atoms with Crippen LogP contribution in [0.4, 0.5) is 0 Å². The van der Waals surface area contributed by atoms with E-state index in [1.54, 1.807) is 7.11 Å². The molecule has 2 bridgehead atoms. The molecule has 0 aromatic heterocycles. The van der Waals surface area contributed by atoms with Crippen molar-refractivity contribution in [2.45, 2.75) is 49.6 Å². The maximum absolute atomic E-state index is 10.6. The summed E-state index contributed by atoms with van der Waals surface area (Å²) in [5.41, 5.74) is 1.65. The highest BCUT2D eigenvalue weighted by molar-refractivity contribution is 5.45. The fourth-order valence-corrected chi connectivity index (χ4v) is 6.35. The minimum atomic E-state index is -0.587. The molecule has 0 radical (unpaired) electrons. The van der Waals surface area contributed by atoms with E-state index in [1.165, 1.54) is 25.7 Å². The van der Waals surface area contributed by atoms with E-state index in [9.17, 15) is 5.26 Å². The third kappa shape index (κ3) is 4.48. The van der Waals surface area contributed by atoms with Gasteiger partial charge in [0.1, 0.15) is 12.0 Å². The Hall–Kier alpha value is -2.19. The first-order chi connectivity index (χ1) is 15.6. The van der Waals surface area contributed by atoms with E-state index in [-0.39, 0.29) is 0 Å². The van der Waals surface area contributed by atoms with Crippen LogP contribution in [-0.2, 0) is 14.9 Å². The Bertz CT molecular complexity index is 839. The number of rotatable bonds is 10. The lowest BCUT2D eigenvalue weighted by molar-refractivity contribution is -0.949. The molecule has 0 N–H and O–H groups in total. The molecule has 32 heavy (non-hydrogen) atoms. The van der Waals surface area contributed by atoms with Crippen LogP contribution >= 0.6 is 0 Å². The Kier molecular flexibility index (Phi) is 7.30. The molecular weight excluding hydrogens is 396 g/mol. The molecule has 2 aliphatic rings. The van der Waals surface area contributed by atoms with Crippen LogP contribution in [0.15, 0.2) is 60.7 Å². The van der Waals surface area contributed by atoms with E-state index in [4.69, 9.17) is 9.47 Å². The largest absolute Gasteiger partial charge is 0.382 e. The SMILES string of the molecule is COCCOCC[N+]1(C)C2CCC1CC(CC(C#N)(c1ccccc1)c1ccccc1)C2. The van der Waals surface area contributed by atoms with Crippen LogP contribution in [-0.4, -0.2) is 57.1 Å². The Morgan fingerprint density at radius 2 is 1.47 bits per heavy atom. The molecule has 0 spiro atoms. The topological polar surface area (TPSA) is 42.2 Å². The highest BCUT2D eigenvalue weighted by atomic mass is 16.5. The van der Waals surface area contributed by atoms with Crippen molar-refractivity contribution >= 4 is 0 Å². The maximum atomic E-state index is 10.6. The molecule has 0 saturated carbocycles. The van der Waals surface area contributed by atoms with Gasteiger partial charge in [-0.05, 0) is 23.5 Å². The summed E-state index contributed by atoms with van der Waals surface area (Å²) in [6.45, 7) is 3.21. The lowest BCUT2D eigenvalue weighted by Crippen LogP contribution is -2.59. The van der Waals surface area contributed by atoms with Crippen molar-refractivity contribution in [3.63, 3.8) is 0 Å². The monoisotopic (exact) mass is 433 g/mol. The summed E-state index contributed by atoms with van der Waals surface area (Å²) in [6.07, 6.45) is 5.90. The van der Waals surface area contributed by atoms with Crippen LogP contribution in [0.25, 0.3) is 0 Å². The number of benzene rings is 2. The highest BCUT2D eigenvalue weighted by Crippen LogP contribution is 2.48. The van der Waals surface area contributed by atoms with Gasteiger partial charge in [0.05, 0.1) is 45.0 Å². The minimum Gasteiger partial charge on any atom is -0.382 e. The number of ether oxygens (including phenoxy) is 2. The summed E-state index contributed by atoms with van der Waals surface area (Å²) >= 11 is 0. The summed E-state index contributed by atoms with van der Waals surface area (Å²) in [5, 5.41) is 10.6. The van der Waals surface area contributed by atoms with Crippen LogP contribution in [0.5, 0.6) is 0 Å². The lowest BCUT2D eigenvalue weighted by atomic mass is 9.67. The summed E-state index contributed by atoms with van der Waals surface area (Å²) in [4.78, 5) is 0. The number of methoxy groups -OCH3 is 1. The van der Waals surface area contributed by atoms with Gasteiger partial charge in [0, 0.05) is 32.8 Å². The summed E-state index contributed by atoms with van der Waals surface area (Å²) in [7, 11) is 4.15. The second kappa shape index (κ2) is 10.2. The quantitative estimate of drug-likeness (QED) is 0.394. The number of hydrogen-bond acceptors (Lipinski definition) is 3. The van der Waals surface area contributed by atoms with E-state index in [0.29, 0.717) is 31.2 Å². The zero-order valence-electron chi connectivity index (χ0n) is 19.6. The molecule has 2 unspecified atom stereocenters. The van der Waals surface area contributed by atoms with Crippen molar-refractivity contribution < 1.29 is 14.0 Å². The van der Waals surface area contributed by atoms with Crippen LogP contribution in [0.2, 0.25) is 0 Å². The zero-order chi connectivity index (χ0) is 22.4. The Morgan fingerprint density at radius 3 is 1.97 bits per heavy atom. The molecule has 170 valence electrons. The Morgan fingerprint density at radius 1 is 0.906 bits per heavy atom. The fraction of sp³-hybridized carbons (Fsp3) is 0.536. The number of fused-ring (bicyclic) bond motifs is 2. The molecule has 2 aliphatic heterocycles. The third-order valence-electron chi connectivity index (χ3n) is 8.18. The molecule has 2 fully saturated rings. The normalized spacial score (nSPS) is 27.2. The van der Waals surface area contributed by atoms with E-state index in [1.807, 2.05) is 12.1 Å². The van der Waals surface area contributed by atoms with E-state index in [2.05, 4.69) is 61.6 Å². The smallest absolute Gasteiger partial charge is 0.107 e. The standard InChI is InChI=1S/C28H37N2O2/c1-30(15-16-32-18-17-31-2)26-13-14-27(30)20-23(19-26)21-28(22-29,24-9-5-3-6-10-24)25-11-7-4-8-12-25/h3-12,23,26-27H,13-21H2,1-2H3/q+1. The van der Waals surface area contributed by atoms with Gasteiger partial charge in [-0.25, -0.2) is 0 Å². The zero-order valence-corrected chi connectivity index (χ0v) is 19.6. The van der Waals surface area contributed by atoms with Gasteiger partial charge in [0.25, 0.3) is 0 Å². The van der Waals surface area contributed by atoms with Crippen molar-refractivity contribution in [1.82, 2.24) is 0 Å². The van der Waals surface area contributed by atoms with Crippen LogP contribution in [0, 0.1) is 17.2 Å². The van der Waals surface area contributed by atoms with Gasteiger partial charge in [-0.1, -0.05) is 60.7 Å². The first-order valence-corrected chi connectivity index (χ1v) is 12.1. The van der Waals surface area contributed by atoms with Crippen LogP contribution < -0.4 is 0 Å². The number of likely N-dealkylation sites (N-methyl/N-ethyl adjacent to an activating group) is 1. The van der Waals surface area contributed by atoms with Crippen molar-refractivity contribution in [1.29, 1.82) is 5.26 Å². The van der Waals surface area contributed by atoms with E-state index in [0.717, 1.165) is 35.2 Å². The molecule has 2 heterocycles. The van der Waals surface area contributed by atoms with Gasteiger partial charge in [0.15, 0.2) is 0 Å². The molecule has 0 aliphatic carbocycles. The summed E-state index contributed by atoms with van der Waals surface area (Å²) in [5.74, 6) is 0.563. The molecule has 2 aromatic carbocycles. The predicted octanol–water partition coefficient (Wildman–Crippen LogP) is 4.94. The van der Waals surface area contributed by atoms with Crippen LogP contribution in [0.1, 0.15) is 43.2 Å². The Balaban J connectivity index is 1.51. The first kappa shape index (κ1) is 23.0. The van der Waals surface area contributed by atoms with Gasteiger partial charge in [-0.3, -0.25) is 0 Å². The number of nitriles is 1. The first-order valence-electron chi connectivity index (χ1n) is 12.1. The summed E-state index contributed by atoms with van der Waals surface area (Å²) in [6, 6.07) is 25.0. The predicted molar refractivity (Wildman–Crippen MR) is 127 cm³/mol. The van der Waals surface area contributed by atoms with Gasteiger partial charge >= 0.3 is 0 Å². The second-order valence-electron chi connectivity index (χ2n) is 9.85. The van der Waals surface area contributed by atoms with Crippen molar-refractivity contribution in [2.24, 2.45) is 5.92 Å². The molecule has 4 rings (SSSR count). The Labute approximate surface area is 193 Å². The number of piperidine rings is 1. The van der Waals surface area contributed by atoms with Crippen LogP contribution in [0.3, 0.4) is 0 Å². The van der Waals surface area contributed by atoms with Gasteiger partial charge < -0.3 is 14.0 Å². The van der Waals surface area contributed by atoms with Gasteiger partial charge in [-0.15, -0.1) is 0 Å².